The van der Waals surface area contributed by atoms with Gasteiger partial charge in [-0.25, -0.2) is 0 Å². The predicted octanol–water partition coefficient (Wildman–Crippen LogP) is 3.04. The summed E-state index contributed by atoms with van der Waals surface area (Å²) in [5.74, 6) is 0. The topological polar surface area (TPSA) is 17.1 Å². The van der Waals surface area contributed by atoms with Crippen molar-refractivity contribution < 1.29 is 4.57 Å². The van der Waals surface area contributed by atoms with Crippen molar-refractivity contribution in [1.82, 2.24) is 0 Å². The Morgan fingerprint density at radius 2 is 1.13 bits per heavy atom. The van der Waals surface area contributed by atoms with Gasteiger partial charge in [0.1, 0.15) is 0 Å². The second-order valence-electron chi connectivity index (χ2n) is 5.70. The minimum atomic E-state index is -2.81. The van der Waals surface area contributed by atoms with Crippen molar-refractivity contribution in [1.29, 1.82) is 0 Å². The van der Waals surface area contributed by atoms with Gasteiger partial charge in [0.2, 0.25) is 0 Å². The van der Waals surface area contributed by atoms with Crippen LogP contribution in [0, 0.1) is 0 Å². The van der Waals surface area contributed by atoms with Crippen molar-refractivity contribution in [2.24, 2.45) is 0 Å². The van der Waals surface area contributed by atoms with E-state index in [1.54, 1.807) is 0 Å². The van der Waals surface area contributed by atoms with E-state index in [4.69, 9.17) is 0 Å². The van der Waals surface area contributed by atoms with Gasteiger partial charge in [-0.05, 0) is 0 Å². The Morgan fingerprint density at radius 1 is 0.652 bits per heavy atom. The molecule has 23 heavy (non-hydrogen) atoms. The van der Waals surface area contributed by atoms with Crippen LogP contribution in [0.3, 0.4) is 0 Å². The Morgan fingerprint density at radius 3 is 1.70 bits per heavy atom. The van der Waals surface area contributed by atoms with Crippen LogP contribution >= 0.6 is 7.14 Å². The van der Waals surface area contributed by atoms with Crippen molar-refractivity contribution in [2.75, 3.05) is 0 Å². The standard InChI is InChI=1S/C20H17OPSe/c21-22(18-10-2-1-3-11-18)19-12-6-4-8-16(19)14-23-15-17-9-5-7-13-20(17)22/h1-13H,14-15H2. The van der Waals surface area contributed by atoms with Crippen LogP contribution in [-0.4, -0.2) is 15.0 Å². The van der Waals surface area contributed by atoms with E-state index in [-0.39, 0.29) is 0 Å². The summed E-state index contributed by atoms with van der Waals surface area (Å²) in [7, 11) is -2.81. The van der Waals surface area contributed by atoms with E-state index >= 15 is 0 Å². The van der Waals surface area contributed by atoms with Crippen molar-refractivity contribution in [3.8, 4) is 0 Å². The minimum absolute atomic E-state index is 0.508. The fourth-order valence-corrected chi connectivity index (χ4v) is 8.99. The molecule has 0 saturated carbocycles. The van der Waals surface area contributed by atoms with Gasteiger partial charge in [0.05, 0.1) is 0 Å². The maximum absolute atomic E-state index is 14.5. The molecule has 0 aromatic heterocycles. The Bertz CT molecular complexity index is 837. The van der Waals surface area contributed by atoms with Crippen LogP contribution in [0.25, 0.3) is 0 Å². The number of hydrogen-bond donors (Lipinski definition) is 0. The van der Waals surface area contributed by atoms with Gasteiger partial charge in [-0.2, -0.15) is 0 Å². The molecule has 1 aliphatic heterocycles. The van der Waals surface area contributed by atoms with Crippen LogP contribution in [0.5, 0.6) is 0 Å². The Labute approximate surface area is 143 Å². The van der Waals surface area contributed by atoms with Crippen LogP contribution in [0.2, 0.25) is 0 Å². The second-order valence-corrected chi connectivity index (χ2v) is 10.5. The molecule has 4 rings (SSSR count). The summed E-state index contributed by atoms with van der Waals surface area (Å²) in [6, 6.07) is 26.6. The SMILES string of the molecule is O=P1(c2ccccc2)c2ccccc2C[Se]Cc2ccccc21. The summed E-state index contributed by atoms with van der Waals surface area (Å²) in [6.07, 6.45) is 0. The summed E-state index contributed by atoms with van der Waals surface area (Å²) < 4.78 is 14.5. The van der Waals surface area contributed by atoms with Gasteiger partial charge in [-0.15, -0.1) is 0 Å². The Hall–Kier alpha value is -1.59. The first-order valence-electron chi connectivity index (χ1n) is 7.70. The predicted molar refractivity (Wildman–Crippen MR) is 99.0 cm³/mol. The molecule has 0 bridgehead atoms. The summed E-state index contributed by atoms with van der Waals surface area (Å²) in [5, 5.41) is 5.10. The van der Waals surface area contributed by atoms with Crippen LogP contribution in [0.15, 0.2) is 78.9 Å². The maximum atomic E-state index is 14.5. The van der Waals surface area contributed by atoms with Gasteiger partial charge in [0.25, 0.3) is 0 Å². The van der Waals surface area contributed by atoms with Crippen molar-refractivity contribution in [3.63, 3.8) is 0 Å². The molecule has 0 fully saturated rings. The molecule has 0 spiro atoms. The van der Waals surface area contributed by atoms with E-state index < -0.39 is 7.14 Å². The third kappa shape index (κ3) is 2.52. The summed E-state index contributed by atoms with van der Waals surface area (Å²) in [4.78, 5) is 0. The molecule has 0 unspecified atom stereocenters. The molecule has 3 heteroatoms. The zero-order valence-corrected chi connectivity index (χ0v) is 15.3. The Balaban J connectivity index is 2.09. The third-order valence-corrected chi connectivity index (χ3v) is 9.71. The molecule has 3 aromatic rings. The van der Waals surface area contributed by atoms with Crippen LogP contribution < -0.4 is 15.9 Å². The average molecular weight is 383 g/mol. The molecular formula is C20H17OPSe. The fraction of sp³-hybridized carbons (Fsp3) is 0.100. The first-order chi connectivity index (χ1) is 11.3. The van der Waals surface area contributed by atoms with E-state index in [1.807, 2.05) is 42.5 Å². The number of fused-ring (bicyclic) bond motifs is 2. The van der Waals surface area contributed by atoms with E-state index in [2.05, 4.69) is 36.4 Å². The molecule has 0 atom stereocenters. The number of rotatable bonds is 1. The molecular weight excluding hydrogens is 366 g/mol. The van der Waals surface area contributed by atoms with Crippen molar-refractivity contribution in [2.45, 2.75) is 10.6 Å². The van der Waals surface area contributed by atoms with E-state index in [1.165, 1.54) is 11.1 Å². The van der Waals surface area contributed by atoms with Crippen LogP contribution in [-0.2, 0) is 15.2 Å². The summed E-state index contributed by atoms with van der Waals surface area (Å²) in [5.41, 5.74) is 2.52. The summed E-state index contributed by atoms with van der Waals surface area (Å²) >= 11 is 0.508. The second kappa shape index (κ2) is 6.13. The molecule has 1 heterocycles. The average Bonchev–Trinajstić information content (AvgIpc) is 2.61. The quantitative estimate of drug-likeness (QED) is 0.466. The first kappa shape index (κ1) is 15.0. The molecule has 0 aliphatic carbocycles. The third-order valence-electron chi connectivity index (χ3n) is 4.30. The molecule has 1 nitrogen and oxygen atoms in total. The zero-order chi connectivity index (χ0) is 15.7. The monoisotopic (exact) mass is 384 g/mol. The van der Waals surface area contributed by atoms with E-state index in [0.29, 0.717) is 15.0 Å². The molecule has 3 aromatic carbocycles. The normalized spacial score (nSPS) is 15.8. The van der Waals surface area contributed by atoms with E-state index in [0.717, 1.165) is 26.6 Å². The van der Waals surface area contributed by atoms with Crippen molar-refractivity contribution in [3.05, 3.63) is 90.0 Å². The molecule has 0 saturated heterocycles. The number of benzene rings is 3. The van der Waals surface area contributed by atoms with E-state index in [9.17, 15) is 4.57 Å². The van der Waals surface area contributed by atoms with Gasteiger partial charge < -0.3 is 0 Å². The van der Waals surface area contributed by atoms with Gasteiger partial charge in [0.15, 0.2) is 0 Å². The summed E-state index contributed by atoms with van der Waals surface area (Å²) in [6.45, 7) is 0. The van der Waals surface area contributed by atoms with Gasteiger partial charge in [-0.3, -0.25) is 0 Å². The molecule has 0 amide bonds. The molecule has 0 radical (unpaired) electrons. The van der Waals surface area contributed by atoms with Crippen LogP contribution in [0.1, 0.15) is 11.1 Å². The van der Waals surface area contributed by atoms with Gasteiger partial charge in [-0.1, -0.05) is 0 Å². The van der Waals surface area contributed by atoms with Gasteiger partial charge >= 0.3 is 143 Å². The first-order valence-corrected chi connectivity index (χ1v) is 11.8. The fourth-order valence-electron chi connectivity index (χ4n) is 3.20. The van der Waals surface area contributed by atoms with Crippen LogP contribution in [0.4, 0.5) is 0 Å². The van der Waals surface area contributed by atoms with Crippen molar-refractivity contribution >= 4 is 38.0 Å². The molecule has 1 aliphatic rings. The zero-order valence-electron chi connectivity index (χ0n) is 12.7. The molecule has 0 N–H and O–H groups in total. The Kier molecular flexibility index (Phi) is 3.99. The number of hydrogen-bond acceptors (Lipinski definition) is 1. The molecule has 114 valence electrons. The van der Waals surface area contributed by atoms with Gasteiger partial charge in [0, 0.05) is 0 Å².